The number of ether oxygens (including phenoxy) is 3. The lowest BCUT2D eigenvalue weighted by atomic mass is 10.0. The van der Waals surface area contributed by atoms with E-state index in [0.29, 0.717) is 11.5 Å². The fourth-order valence-corrected chi connectivity index (χ4v) is 2.19. The average molecular weight is 327 g/mol. The Hall–Kier alpha value is -1.14. The molecule has 0 saturated heterocycles. The van der Waals surface area contributed by atoms with Gasteiger partial charge in [-0.05, 0) is 36.6 Å². The van der Waals surface area contributed by atoms with Crippen LogP contribution in [0.25, 0.3) is 0 Å². The van der Waals surface area contributed by atoms with Crippen molar-refractivity contribution in [3.8, 4) is 11.5 Å². The predicted molar refractivity (Wildman–Crippen MR) is 74.4 cm³/mol. The Balaban J connectivity index is 2.67. The van der Waals surface area contributed by atoms with Crippen LogP contribution in [-0.4, -0.2) is 33.6 Å². The molecule has 3 nitrogen and oxygen atoms in total. The highest BCUT2D eigenvalue weighted by Crippen LogP contribution is 2.36. The summed E-state index contributed by atoms with van der Waals surface area (Å²) in [6, 6.07) is 3.51. The van der Waals surface area contributed by atoms with Crippen LogP contribution in [0.1, 0.15) is 22.9 Å². The van der Waals surface area contributed by atoms with Gasteiger partial charge in [-0.15, -0.1) is 11.6 Å². The Labute approximate surface area is 126 Å². The average Bonchev–Trinajstić information content (AvgIpc) is 2.41. The Kier molecular flexibility index (Phi) is 6.61. The van der Waals surface area contributed by atoms with Crippen molar-refractivity contribution in [1.82, 2.24) is 0 Å². The van der Waals surface area contributed by atoms with Gasteiger partial charge in [0.15, 0.2) is 11.5 Å². The molecule has 0 amide bonds. The van der Waals surface area contributed by atoms with Crippen molar-refractivity contribution in [2.45, 2.75) is 24.9 Å². The zero-order chi connectivity index (χ0) is 16.0. The van der Waals surface area contributed by atoms with Crippen LogP contribution in [-0.2, 0) is 4.74 Å². The normalized spacial score (nSPS) is 13.1. The number of hydrogen-bond acceptors (Lipinski definition) is 3. The second kappa shape index (κ2) is 7.75. The van der Waals surface area contributed by atoms with E-state index in [-0.39, 0.29) is 13.0 Å². The zero-order valence-electron chi connectivity index (χ0n) is 12.1. The summed E-state index contributed by atoms with van der Waals surface area (Å²) in [6.45, 7) is 0.520. The van der Waals surface area contributed by atoms with Crippen molar-refractivity contribution in [1.29, 1.82) is 0 Å². The highest BCUT2D eigenvalue weighted by Gasteiger charge is 2.27. The van der Waals surface area contributed by atoms with Gasteiger partial charge in [0.05, 0.1) is 19.6 Å². The Morgan fingerprint density at radius 2 is 1.71 bits per heavy atom. The summed E-state index contributed by atoms with van der Waals surface area (Å²) in [5, 5.41) is -0.460. The van der Waals surface area contributed by atoms with Crippen LogP contribution >= 0.6 is 11.6 Å². The summed E-state index contributed by atoms with van der Waals surface area (Å²) in [5.41, 5.74) is 1.66. The number of benzene rings is 1. The van der Waals surface area contributed by atoms with Gasteiger partial charge in [-0.25, -0.2) is 0 Å². The lowest BCUT2D eigenvalue weighted by Gasteiger charge is -2.17. The molecule has 0 radical (unpaired) electrons. The molecule has 1 aromatic rings. The van der Waals surface area contributed by atoms with E-state index < -0.39 is 18.2 Å². The van der Waals surface area contributed by atoms with Crippen molar-refractivity contribution in [2.24, 2.45) is 0 Å². The molecule has 0 bridgehead atoms. The van der Waals surface area contributed by atoms with Crippen LogP contribution in [0.5, 0.6) is 11.5 Å². The summed E-state index contributed by atoms with van der Waals surface area (Å²) < 4.78 is 50.8. The van der Waals surface area contributed by atoms with Gasteiger partial charge in [-0.3, -0.25) is 0 Å². The molecular weight excluding hydrogens is 309 g/mol. The molecule has 21 heavy (non-hydrogen) atoms. The van der Waals surface area contributed by atoms with E-state index in [1.54, 1.807) is 12.1 Å². The zero-order valence-corrected chi connectivity index (χ0v) is 12.8. The van der Waals surface area contributed by atoms with Gasteiger partial charge in [-0.1, -0.05) is 0 Å². The molecule has 0 aliphatic heterocycles. The maximum atomic E-state index is 12.0. The summed E-state index contributed by atoms with van der Waals surface area (Å²) in [5.74, 6) is 1.11. The molecule has 1 aromatic carbocycles. The van der Waals surface area contributed by atoms with E-state index in [4.69, 9.17) is 21.1 Å². The van der Waals surface area contributed by atoms with Gasteiger partial charge in [0.2, 0.25) is 0 Å². The van der Waals surface area contributed by atoms with Crippen LogP contribution in [0.2, 0.25) is 0 Å². The second-order valence-corrected chi connectivity index (χ2v) is 5.01. The molecule has 1 unspecified atom stereocenters. The molecule has 0 aliphatic rings. The monoisotopic (exact) mass is 326 g/mol. The van der Waals surface area contributed by atoms with Gasteiger partial charge in [-0.2, -0.15) is 13.2 Å². The maximum Gasteiger partial charge on any atom is 0.411 e. The van der Waals surface area contributed by atoms with Gasteiger partial charge in [0, 0.05) is 6.61 Å². The van der Waals surface area contributed by atoms with Gasteiger partial charge in [0.25, 0.3) is 0 Å². The van der Waals surface area contributed by atoms with E-state index in [0.717, 1.165) is 11.1 Å². The number of halogens is 4. The van der Waals surface area contributed by atoms with Crippen LogP contribution in [0, 0.1) is 6.92 Å². The molecule has 0 fully saturated rings. The van der Waals surface area contributed by atoms with Gasteiger partial charge < -0.3 is 14.2 Å². The fraction of sp³-hybridized carbons (Fsp3) is 0.571. The topological polar surface area (TPSA) is 27.7 Å². The van der Waals surface area contributed by atoms with E-state index >= 15 is 0 Å². The predicted octanol–water partition coefficient (Wildman–Crippen LogP) is 4.26. The van der Waals surface area contributed by atoms with E-state index in [1.165, 1.54) is 14.2 Å². The smallest absolute Gasteiger partial charge is 0.411 e. The number of alkyl halides is 4. The molecule has 120 valence electrons. The third-order valence-corrected chi connectivity index (χ3v) is 3.34. The first-order valence-corrected chi connectivity index (χ1v) is 6.73. The third kappa shape index (κ3) is 5.63. The number of methoxy groups -OCH3 is 2. The molecule has 1 atom stereocenters. The summed E-state index contributed by atoms with van der Waals surface area (Å²) in [7, 11) is 3.03. The lowest BCUT2D eigenvalue weighted by molar-refractivity contribution is -0.174. The molecule has 0 heterocycles. The molecule has 7 heteroatoms. The van der Waals surface area contributed by atoms with Crippen LogP contribution in [0.3, 0.4) is 0 Å². The number of rotatable bonds is 7. The first-order chi connectivity index (χ1) is 9.78. The molecule has 0 aliphatic carbocycles. The largest absolute Gasteiger partial charge is 0.493 e. The van der Waals surface area contributed by atoms with Gasteiger partial charge >= 0.3 is 6.18 Å². The third-order valence-electron chi connectivity index (χ3n) is 2.89. The minimum atomic E-state index is -4.32. The van der Waals surface area contributed by atoms with Crippen LogP contribution < -0.4 is 9.47 Å². The van der Waals surface area contributed by atoms with Crippen molar-refractivity contribution in [3.63, 3.8) is 0 Å². The highest BCUT2D eigenvalue weighted by molar-refractivity contribution is 6.20. The molecule has 0 spiro atoms. The molecular formula is C14H18ClF3O3. The van der Waals surface area contributed by atoms with Crippen molar-refractivity contribution in [3.05, 3.63) is 23.3 Å². The van der Waals surface area contributed by atoms with Gasteiger partial charge in [0.1, 0.15) is 6.61 Å². The second-order valence-electron chi connectivity index (χ2n) is 4.49. The van der Waals surface area contributed by atoms with E-state index in [9.17, 15) is 13.2 Å². The highest BCUT2D eigenvalue weighted by atomic mass is 35.5. The Morgan fingerprint density at radius 3 is 2.24 bits per heavy atom. The number of hydrogen-bond donors (Lipinski definition) is 0. The molecule has 0 saturated carbocycles. The summed E-state index contributed by atoms with van der Waals surface area (Å²) >= 11 is 6.23. The Bertz CT molecular complexity index is 464. The van der Waals surface area contributed by atoms with E-state index in [1.807, 2.05) is 6.92 Å². The van der Waals surface area contributed by atoms with Crippen LogP contribution in [0.15, 0.2) is 12.1 Å². The maximum absolute atomic E-state index is 12.0. The fourth-order valence-electron chi connectivity index (χ4n) is 1.86. The minimum absolute atomic E-state index is 0.0680. The molecule has 0 N–H and O–H groups in total. The van der Waals surface area contributed by atoms with E-state index in [2.05, 4.69) is 4.74 Å². The van der Waals surface area contributed by atoms with Crippen molar-refractivity contribution < 1.29 is 27.4 Å². The minimum Gasteiger partial charge on any atom is -0.493 e. The first kappa shape index (κ1) is 17.9. The van der Waals surface area contributed by atoms with Crippen molar-refractivity contribution in [2.75, 3.05) is 27.4 Å². The van der Waals surface area contributed by atoms with Crippen LogP contribution in [0.4, 0.5) is 13.2 Å². The SMILES string of the molecule is COc1cc(C)c(C(Cl)CCOCC(F)(F)F)cc1OC. The molecule has 1 rings (SSSR count). The molecule has 0 aromatic heterocycles. The lowest BCUT2D eigenvalue weighted by Crippen LogP contribution is -2.17. The standard InChI is InChI=1S/C14H18ClF3O3/c1-9-6-12(19-2)13(20-3)7-10(9)11(15)4-5-21-8-14(16,17)18/h6-7,11H,4-5,8H2,1-3H3. The quantitative estimate of drug-likeness (QED) is 0.553. The van der Waals surface area contributed by atoms with Crippen molar-refractivity contribution >= 4 is 11.6 Å². The first-order valence-electron chi connectivity index (χ1n) is 6.29. The summed E-state index contributed by atoms with van der Waals surface area (Å²) in [6.07, 6.45) is -4.05. The number of aryl methyl sites for hydroxylation is 1. The summed E-state index contributed by atoms with van der Waals surface area (Å²) in [4.78, 5) is 0. The Morgan fingerprint density at radius 1 is 1.14 bits per heavy atom.